The number of hydrogen-bond acceptors (Lipinski definition) is 4. The Morgan fingerprint density at radius 3 is 2.36 bits per heavy atom. The Balaban J connectivity index is 1.75. The highest BCUT2D eigenvalue weighted by molar-refractivity contribution is 7.92. The van der Waals surface area contributed by atoms with Crippen LogP contribution < -0.4 is 9.73 Å². The Morgan fingerprint density at radius 1 is 1.09 bits per heavy atom. The number of hydrogen-bond donors (Lipinski definition) is 1. The molecule has 1 aromatic heterocycles. The minimum Gasteiger partial charge on any atom is -0.318 e. The lowest BCUT2D eigenvalue weighted by atomic mass is 10.1. The number of nitrogens with one attached hydrogen (secondary N) is 1. The second kappa shape index (κ2) is 9.58. The molecule has 3 rings (SSSR count). The van der Waals surface area contributed by atoms with Crippen molar-refractivity contribution in [1.29, 1.82) is 0 Å². The van der Waals surface area contributed by atoms with E-state index in [1.807, 2.05) is 37.5 Å². The molecule has 0 bridgehead atoms. The lowest BCUT2D eigenvalue weighted by molar-refractivity contribution is -0.119. The van der Waals surface area contributed by atoms with Crippen molar-refractivity contribution in [2.45, 2.75) is 27.7 Å². The maximum atomic E-state index is 13.3. The molecular formula is C24H27FN4O3S. The normalized spacial score (nSPS) is 11.7. The largest absolute Gasteiger partial charge is 0.318 e. The number of carbonyl (C=O) groups excluding carboxylic acids is 1. The summed E-state index contributed by atoms with van der Waals surface area (Å²) in [5.41, 5.74) is 7.97. The topological polar surface area (TPSA) is 83.8 Å². The van der Waals surface area contributed by atoms with Crippen LogP contribution in [0.3, 0.4) is 0 Å². The molecule has 0 aliphatic carbocycles. The summed E-state index contributed by atoms with van der Waals surface area (Å²) < 4.78 is 40.9. The highest BCUT2D eigenvalue weighted by atomic mass is 32.2. The third-order valence-corrected chi connectivity index (χ3v) is 6.38. The average Bonchev–Trinajstić information content (AvgIpc) is 3.00. The molecule has 0 fully saturated rings. The molecule has 0 saturated carbocycles. The SMILES string of the molecule is Cc1ccc(N(CC(=O)N/N=C\c2cc(C)n(-c3ccc(F)cc3)c2C)S(C)(=O)=O)c(C)c1. The second-order valence-corrected chi connectivity index (χ2v) is 9.90. The molecule has 2 aromatic carbocycles. The Morgan fingerprint density at radius 2 is 1.76 bits per heavy atom. The predicted octanol–water partition coefficient (Wildman–Crippen LogP) is 3.77. The third-order valence-electron chi connectivity index (χ3n) is 5.26. The van der Waals surface area contributed by atoms with Gasteiger partial charge in [-0.15, -0.1) is 0 Å². The quantitative estimate of drug-likeness (QED) is 0.422. The van der Waals surface area contributed by atoms with Gasteiger partial charge in [-0.3, -0.25) is 9.10 Å². The number of anilines is 1. The van der Waals surface area contributed by atoms with E-state index in [-0.39, 0.29) is 5.82 Å². The summed E-state index contributed by atoms with van der Waals surface area (Å²) in [5, 5.41) is 4.01. The molecule has 1 N–H and O–H groups in total. The molecule has 174 valence electrons. The van der Waals surface area contributed by atoms with Crippen LogP contribution in [-0.2, 0) is 14.8 Å². The van der Waals surface area contributed by atoms with Crippen molar-refractivity contribution >= 4 is 27.8 Å². The minimum absolute atomic E-state index is 0.310. The van der Waals surface area contributed by atoms with Crippen LogP contribution in [0.2, 0.25) is 0 Å². The number of nitrogens with zero attached hydrogens (tertiary/aromatic N) is 3. The number of aryl methyl sites for hydroxylation is 3. The Labute approximate surface area is 193 Å². The number of aromatic nitrogens is 1. The third kappa shape index (κ3) is 5.67. The van der Waals surface area contributed by atoms with Crippen LogP contribution in [0.5, 0.6) is 0 Å². The first-order valence-corrected chi connectivity index (χ1v) is 12.1. The molecule has 0 unspecified atom stereocenters. The van der Waals surface area contributed by atoms with E-state index in [0.717, 1.165) is 44.3 Å². The van der Waals surface area contributed by atoms with Gasteiger partial charge >= 0.3 is 0 Å². The van der Waals surface area contributed by atoms with Gasteiger partial charge in [0.05, 0.1) is 18.2 Å². The van der Waals surface area contributed by atoms with Gasteiger partial charge in [-0.1, -0.05) is 17.7 Å². The lowest BCUT2D eigenvalue weighted by Gasteiger charge is -2.23. The molecule has 0 saturated heterocycles. The van der Waals surface area contributed by atoms with Crippen LogP contribution in [0.1, 0.15) is 28.1 Å². The summed E-state index contributed by atoms with van der Waals surface area (Å²) in [5.74, 6) is -0.876. The monoisotopic (exact) mass is 470 g/mol. The van der Waals surface area contributed by atoms with Crippen LogP contribution in [0.25, 0.3) is 5.69 Å². The molecule has 7 nitrogen and oxygen atoms in total. The summed E-state index contributed by atoms with van der Waals surface area (Å²) in [7, 11) is -3.68. The van der Waals surface area contributed by atoms with Gasteiger partial charge in [0.1, 0.15) is 12.4 Å². The maximum Gasteiger partial charge on any atom is 0.260 e. The fourth-order valence-electron chi connectivity index (χ4n) is 3.71. The molecule has 1 heterocycles. The molecule has 0 spiro atoms. The van der Waals surface area contributed by atoms with E-state index in [1.165, 1.54) is 18.3 Å². The number of hydrazone groups is 1. The van der Waals surface area contributed by atoms with Crippen LogP contribution >= 0.6 is 0 Å². The fourth-order valence-corrected chi connectivity index (χ4v) is 4.63. The van der Waals surface area contributed by atoms with Crippen molar-refractivity contribution in [3.8, 4) is 5.69 Å². The number of sulfonamides is 1. The van der Waals surface area contributed by atoms with Gasteiger partial charge in [-0.05, 0) is 69.7 Å². The smallest absolute Gasteiger partial charge is 0.260 e. The molecule has 1 amide bonds. The van der Waals surface area contributed by atoms with Crippen LogP contribution in [-0.4, -0.2) is 37.9 Å². The summed E-state index contributed by atoms with van der Waals surface area (Å²) in [4.78, 5) is 12.5. The van der Waals surface area contributed by atoms with Crippen molar-refractivity contribution in [3.05, 3.63) is 82.4 Å². The van der Waals surface area contributed by atoms with Gasteiger partial charge < -0.3 is 4.57 Å². The van der Waals surface area contributed by atoms with Crippen molar-refractivity contribution in [2.75, 3.05) is 17.1 Å². The van der Waals surface area contributed by atoms with Crippen LogP contribution in [0.4, 0.5) is 10.1 Å². The fraction of sp³-hybridized carbons (Fsp3) is 0.250. The molecule has 3 aromatic rings. The van der Waals surface area contributed by atoms with E-state index in [9.17, 15) is 17.6 Å². The Bertz CT molecular complexity index is 1310. The van der Waals surface area contributed by atoms with Gasteiger partial charge in [0.15, 0.2) is 0 Å². The minimum atomic E-state index is -3.68. The predicted molar refractivity (Wildman–Crippen MR) is 129 cm³/mol. The zero-order valence-electron chi connectivity index (χ0n) is 19.3. The van der Waals surface area contributed by atoms with Gasteiger partial charge in [0, 0.05) is 22.6 Å². The van der Waals surface area contributed by atoms with Crippen molar-refractivity contribution in [2.24, 2.45) is 5.10 Å². The molecule has 0 aliphatic heterocycles. The second-order valence-electron chi connectivity index (χ2n) is 7.99. The number of benzene rings is 2. The van der Waals surface area contributed by atoms with Crippen molar-refractivity contribution in [3.63, 3.8) is 0 Å². The van der Waals surface area contributed by atoms with Gasteiger partial charge in [0.2, 0.25) is 10.0 Å². The molecule has 0 radical (unpaired) electrons. The number of rotatable bonds is 7. The van der Waals surface area contributed by atoms with Gasteiger partial charge in [0.25, 0.3) is 5.91 Å². The summed E-state index contributed by atoms with van der Waals surface area (Å²) >= 11 is 0. The summed E-state index contributed by atoms with van der Waals surface area (Å²) in [6.45, 7) is 7.13. The zero-order valence-corrected chi connectivity index (χ0v) is 20.1. The first-order valence-electron chi connectivity index (χ1n) is 10.3. The Kier molecular flexibility index (Phi) is 7.02. The molecule has 0 aliphatic rings. The van der Waals surface area contributed by atoms with E-state index < -0.39 is 22.5 Å². The first-order chi connectivity index (χ1) is 15.5. The van der Waals surface area contributed by atoms with Gasteiger partial charge in [-0.25, -0.2) is 18.2 Å². The van der Waals surface area contributed by atoms with Crippen molar-refractivity contribution in [1.82, 2.24) is 9.99 Å². The Hall–Kier alpha value is -3.46. The number of halogens is 1. The first kappa shape index (κ1) is 24.2. The highest BCUT2D eigenvalue weighted by Crippen LogP contribution is 2.23. The van der Waals surface area contributed by atoms with Crippen LogP contribution in [0, 0.1) is 33.5 Å². The highest BCUT2D eigenvalue weighted by Gasteiger charge is 2.22. The molecule has 33 heavy (non-hydrogen) atoms. The number of amides is 1. The van der Waals surface area contributed by atoms with Crippen LogP contribution in [0.15, 0.2) is 53.6 Å². The lowest BCUT2D eigenvalue weighted by Crippen LogP contribution is -2.39. The van der Waals surface area contributed by atoms with E-state index in [1.54, 1.807) is 31.2 Å². The average molecular weight is 471 g/mol. The maximum absolute atomic E-state index is 13.3. The standard InChI is InChI=1S/C24H27FN4O3S/c1-16-6-11-23(17(2)12-16)28(33(5,31)32)15-24(30)27-26-14-20-13-18(3)29(19(20)4)22-9-7-21(25)8-10-22/h6-14H,15H2,1-5H3,(H,27,30)/b26-14-. The van der Waals surface area contributed by atoms with E-state index in [2.05, 4.69) is 10.5 Å². The molecular weight excluding hydrogens is 443 g/mol. The summed E-state index contributed by atoms with van der Waals surface area (Å²) in [6, 6.07) is 13.4. The van der Waals surface area contributed by atoms with Crippen molar-refractivity contribution < 1.29 is 17.6 Å². The summed E-state index contributed by atoms with van der Waals surface area (Å²) in [6.07, 6.45) is 2.56. The van der Waals surface area contributed by atoms with E-state index in [0.29, 0.717) is 5.69 Å². The van der Waals surface area contributed by atoms with E-state index in [4.69, 9.17) is 0 Å². The van der Waals surface area contributed by atoms with Gasteiger partial charge in [-0.2, -0.15) is 5.10 Å². The van der Waals surface area contributed by atoms with E-state index >= 15 is 0 Å². The molecule has 9 heteroatoms. The number of carbonyl (C=O) groups is 1. The molecule has 0 atom stereocenters. The zero-order chi connectivity index (χ0) is 24.3.